The average molecular weight is 657 g/mol. The van der Waals surface area contributed by atoms with Crippen LogP contribution in [0, 0.1) is 17.0 Å². The molecule has 2 fully saturated rings. The topological polar surface area (TPSA) is 119 Å². The molecule has 0 radical (unpaired) electrons. The molecule has 2 aliphatic heterocycles. The Hall–Kier alpha value is -5.17. The number of nitrogens with one attached hydrogen (secondary N) is 1. The fourth-order valence-corrected chi connectivity index (χ4v) is 7.39. The van der Waals surface area contributed by atoms with Gasteiger partial charge in [-0.3, -0.25) is 23.9 Å². The number of likely N-dealkylation sites (tertiary alicyclic amines) is 2. The van der Waals surface area contributed by atoms with E-state index in [4.69, 9.17) is 9.72 Å². The number of nitrogens with zero attached hydrogens (tertiary/aromatic N) is 5. The number of carbonyl (C=O) groups is 2. The maximum atomic E-state index is 16.3. The van der Waals surface area contributed by atoms with Crippen molar-refractivity contribution in [1.82, 2.24) is 23.9 Å². The number of fused-ring (bicyclic) bond motifs is 1. The molecule has 2 aromatic heterocycles. The first-order valence-corrected chi connectivity index (χ1v) is 15.6. The summed E-state index contributed by atoms with van der Waals surface area (Å²) in [7, 11) is 4.17. The third-order valence-corrected chi connectivity index (χ3v) is 9.84. The molecule has 2 aromatic carbocycles. The van der Waals surface area contributed by atoms with Gasteiger partial charge < -0.3 is 19.5 Å². The van der Waals surface area contributed by atoms with Crippen LogP contribution in [0.1, 0.15) is 40.9 Å². The van der Waals surface area contributed by atoms with Crippen LogP contribution in [-0.2, 0) is 25.3 Å². The Balaban J connectivity index is 1.16. The largest absolute Gasteiger partial charge is 0.481 e. The van der Waals surface area contributed by atoms with Crippen LogP contribution in [0.5, 0.6) is 5.88 Å². The van der Waals surface area contributed by atoms with E-state index in [1.807, 2.05) is 11.0 Å². The summed E-state index contributed by atoms with van der Waals surface area (Å²) in [5.41, 5.74) is 0.511. The Labute approximate surface area is 274 Å². The lowest BCUT2D eigenvalue weighted by Gasteiger charge is -2.61. The molecule has 2 saturated heterocycles. The van der Waals surface area contributed by atoms with Crippen LogP contribution < -0.4 is 21.3 Å². The first-order chi connectivity index (χ1) is 22.9. The Morgan fingerprint density at radius 2 is 1.65 bits per heavy atom. The Bertz CT molecular complexity index is 2130. The van der Waals surface area contributed by atoms with Crippen LogP contribution in [0.15, 0.2) is 58.3 Å². The number of aromatic nitrogens is 3. The molecule has 1 N–H and O–H groups in total. The molecule has 0 bridgehead atoms. The summed E-state index contributed by atoms with van der Waals surface area (Å²) >= 11 is 0. The summed E-state index contributed by atoms with van der Waals surface area (Å²) in [6.45, 7) is 4.96. The first kappa shape index (κ1) is 31.4. The number of amides is 2. The van der Waals surface area contributed by atoms with E-state index in [1.165, 1.54) is 38.4 Å². The predicted molar refractivity (Wildman–Crippen MR) is 174 cm³/mol. The highest BCUT2D eigenvalue weighted by Crippen LogP contribution is 2.50. The summed E-state index contributed by atoms with van der Waals surface area (Å²) in [4.78, 5) is 58.2. The van der Waals surface area contributed by atoms with Crippen molar-refractivity contribution >= 4 is 17.5 Å². The second-order valence-electron chi connectivity index (χ2n) is 13.0. The van der Waals surface area contributed by atoms with E-state index in [0.29, 0.717) is 11.6 Å². The van der Waals surface area contributed by atoms with Gasteiger partial charge in [-0.05, 0) is 36.6 Å². The zero-order valence-corrected chi connectivity index (χ0v) is 27.0. The molecular formula is C35H34F2N6O5. The number of halogens is 2. The second kappa shape index (κ2) is 11.5. The summed E-state index contributed by atoms with van der Waals surface area (Å²) in [5.74, 6) is -1.97. The molecule has 2 amide bonds. The zero-order chi connectivity index (χ0) is 34.1. The van der Waals surface area contributed by atoms with Gasteiger partial charge in [-0.15, -0.1) is 0 Å². The molecule has 1 aliphatic carbocycles. The Kier molecular flexibility index (Phi) is 7.54. The Morgan fingerprint density at radius 3 is 2.33 bits per heavy atom. The summed E-state index contributed by atoms with van der Waals surface area (Å²) < 4.78 is 39.8. The maximum Gasteiger partial charge on any atom is 0.330 e. The molecule has 4 heterocycles. The van der Waals surface area contributed by atoms with E-state index in [9.17, 15) is 19.2 Å². The Morgan fingerprint density at radius 1 is 0.979 bits per heavy atom. The summed E-state index contributed by atoms with van der Waals surface area (Å²) in [6.07, 6.45) is 2.73. The fourth-order valence-electron chi connectivity index (χ4n) is 7.39. The maximum absolute atomic E-state index is 16.3. The van der Waals surface area contributed by atoms with Crippen LogP contribution in [0.2, 0.25) is 0 Å². The highest BCUT2D eigenvalue weighted by molar-refractivity contribution is 6.04. The minimum Gasteiger partial charge on any atom is -0.481 e. The fraction of sp³-hybridized carbons (Fsp3) is 0.343. The van der Waals surface area contributed by atoms with E-state index in [1.54, 1.807) is 26.2 Å². The number of carbonyl (C=O) groups excluding carboxylic acids is 2. The van der Waals surface area contributed by atoms with E-state index in [2.05, 4.69) is 10.2 Å². The van der Waals surface area contributed by atoms with Crippen molar-refractivity contribution in [1.29, 1.82) is 0 Å². The number of ether oxygens (including phenoxy) is 1. The summed E-state index contributed by atoms with van der Waals surface area (Å²) in [6, 6.07) is 10.8. The average Bonchev–Trinajstić information content (AvgIpc) is 3.45. The van der Waals surface area contributed by atoms with Gasteiger partial charge in [0.2, 0.25) is 11.8 Å². The van der Waals surface area contributed by atoms with Gasteiger partial charge in [-0.1, -0.05) is 24.3 Å². The third kappa shape index (κ3) is 5.00. The van der Waals surface area contributed by atoms with Crippen LogP contribution in [0.25, 0.3) is 22.4 Å². The van der Waals surface area contributed by atoms with E-state index >= 15 is 8.78 Å². The normalized spacial score (nSPS) is 17.9. The molecule has 248 valence electrons. The smallest absolute Gasteiger partial charge is 0.330 e. The molecule has 1 spiro atoms. The SMILES string of the molecule is COc1nc(-c2cccc(-c3cccc(NC(=O)c4cn(C)c(=O)n(C)c4=O)c3F)c2F)cc2c1[C@@H](N1CC3(CN(C(C)=O)C3)C1)CC2. The number of rotatable bonds is 6. The van der Waals surface area contributed by atoms with Crippen molar-refractivity contribution < 1.29 is 23.1 Å². The molecule has 0 unspecified atom stereocenters. The molecule has 1 atom stereocenters. The van der Waals surface area contributed by atoms with Crippen molar-refractivity contribution in [2.24, 2.45) is 19.5 Å². The number of aryl methyl sites for hydroxylation is 2. The zero-order valence-electron chi connectivity index (χ0n) is 27.0. The van der Waals surface area contributed by atoms with Crippen molar-refractivity contribution in [3.05, 3.63) is 97.8 Å². The lowest BCUT2D eigenvalue weighted by molar-refractivity contribution is -0.161. The van der Waals surface area contributed by atoms with Gasteiger partial charge in [0.05, 0.1) is 18.5 Å². The van der Waals surface area contributed by atoms with Gasteiger partial charge in [0, 0.05) is 87.1 Å². The second-order valence-corrected chi connectivity index (χ2v) is 13.0. The van der Waals surface area contributed by atoms with Gasteiger partial charge in [-0.25, -0.2) is 18.6 Å². The van der Waals surface area contributed by atoms with Crippen LogP contribution in [0.4, 0.5) is 14.5 Å². The quantitative estimate of drug-likeness (QED) is 0.338. The summed E-state index contributed by atoms with van der Waals surface area (Å²) in [5, 5.41) is 2.39. The van der Waals surface area contributed by atoms with E-state index in [0.717, 1.165) is 65.5 Å². The van der Waals surface area contributed by atoms with Crippen molar-refractivity contribution in [2.75, 3.05) is 38.6 Å². The number of hydrogen-bond donors (Lipinski definition) is 1. The van der Waals surface area contributed by atoms with Gasteiger partial charge in [-0.2, -0.15) is 0 Å². The predicted octanol–water partition coefficient (Wildman–Crippen LogP) is 3.50. The van der Waals surface area contributed by atoms with Crippen LogP contribution in [0.3, 0.4) is 0 Å². The number of methoxy groups -OCH3 is 1. The number of anilines is 1. The minimum absolute atomic E-state index is 0.0377. The van der Waals surface area contributed by atoms with Crippen molar-refractivity contribution in [3.63, 3.8) is 0 Å². The molecule has 13 heteroatoms. The lowest BCUT2D eigenvalue weighted by Crippen LogP contribution is -2.72. The van der Waals surface area contributed by atoms with Gasteiger partial charge >= 0.3 is 5.69 Å². The molecule has 48 heavy (non-hydrogen) atoms. The van der Waals surface area contributed by atoms with Crippen LogP contribution >= 0.6 is 0 Å². The molecular weight excluding hydrogens is 622 g/mol. The van der Waals surface area contributed by atoms with Gasteiger partial charge in [0.15, 0.2) is 5.82 Å². The third-order valence-electron chi connectivity index (χ3n) is 9.84. The standard InChI is InChI=1S/C35H34F2N6O5/c1-19(44)42-15-35(16-42)17-43(18-35)27-12-11-20-13-26(39-32(48-4)28(20)27)23-9-5-7-21(29(23)36)22-8-6-10-25(30(22)37)38-31(45)24-14-40(2)34(47)41(3)33(24)46/h5-10,13-14,27H,11-12,15-18H2,1-4H3,(H,38,45)/t27-/m0/s1. The lowest BCUT2D eigenvalue weighted by atomic mass is 9.72. The monoisotopic (exact) mass is 656 g/mol. The minimum atomic E-state index is -0.914. The van der Waals surface area contributed by atoms with Crippen molar-refractivity contribution in [2.45, 2.75) is 25.8 Å². The molecule has 11 nitrogen and oxygen atoms in total. The highest BCUT2D eigenvalue weighted by Gasteiger charge is 2.55. The molecule has 7 rings (SSSR count). The molecule has 0 saturated carbocycles. The van der Waals surface area contributed by atoms with Gasteiger partial charge in [0.25, 0.3) is 11.5 Å². The number of pyridine rings is 1. The first-order valence-electron chi connectivity index (χ1n) is 15.6. The molecule has 4 aromatic rings. The number of benzene rings is 2. The van der Waals surface area contributed by atoms with E-state index in [-0.39, 0.29) is 45.3 Å². The molecule has 3 aliphatic rings. The van der Waals surface area contributed by atoms with Gasteiger partial charge in [0.1, 0.15) is 11.4 Å². The van der Waals surface area contributed by atoms with E-state index < -0.39 is 28.8 Å². The number of hydrogen-bond acceptors (Lipinski definition) is 7. The van der Waals surface area contributed by atoms with Crippen LogP contribution in [-0.4, -0.2) is 69.0 Å². The van der Waals surface area contributed by atoms with Crippen molar-refractivity contribution in [3.8, 4) is 28.3 Å². The highest BCUT2D eigenvalue weighted by atomic mass is 19.1.